The number of carbonyl (C=O) groups is 1. The summed E-state index contributed by atoms with van der Waals surface area (Å²) < 4.78 is 18.8. The van der Waals surface area contributed by atoms with Crippen molar-refractivity contribution in [3.05, 3.63) is 41.8 Å². The zero-order valence-electron chi connectivity index (χ0n) is 15.1. The molecule has 1 amide bonds. The van der Waals surface area contributed by atoms with E-state index >= 15 is 0 Å². The van der Waals surface area contributed by atoms with Crippen molar-refractivity contribution in [3.8, 4) is 5.95 Å². The topological polar surface area (TPSA) is 76.5 Å². The van der Waals surface area contributed by atoms with Crippen LogP contribution >= 0.6 is 0 Å². The number of carbonyl (C=O) groups excluding carboxylic acids is 1. The number of rotatable bonds is 4. The molecule has 3 heterocycles. The quantitative estimate of drug-likeness (QED) is 0.736. The Morgan fingerprint density at radius 1 is 1.26 bits per heavy atom. The smallest absolute Gasteiger partial charge is 0.291 e. The summed E-state index contributed by atoms with van der Waals surface area (Å²) >= 11 is 0. The van der Waals surface area contributed by atoms with Crippen LogP contribution in [0.25, 0.3) is 0 Å². The summed E-state index contributed by atoms with van der Waals surface area (Å²) in [6.07, 6.45) is 4.38. The Balaban J connectivity index is 1.35. The third-order valence-corrected chi connectivity index (χ3v) is 5.64. The van der Waals surface area contributed by atoms with Crippen LogP contribution in [0.2, 0.25) is 0 Å². The molecule has 0 N–H and O–H groups in total. The second-order valence-electron chi connectivity index (χ2n) is 7.72. The highest BCUT2D eigenvalue weighted by molar-refractivity contribution is 5.75. The fourth-order valence-electron chi connectivity index (χ4n) is 4.35. The Kier molecular flexibility index (Phi) is 4.82. The lowest BCUT2D eigenvalue weighted by molar-refractivity contribution is -0.751. The predicted molar refractivity (Wildman–Crippen MR) is 90.7 cm³/mol. The number of halogens is 1. The van der Waals surface area contributed by atoms with Gasteiger partial charge in [0.15, 0.2) is 0 Å². The van der Waals surface area contributed by atoms with Crippen LogP contribution < -0.4 is 9.79 Å². The number of hydrogen-bond acceptors (Lipinski definition) is 5. The first-order chi connectivity index (χ1) is 13.0. The minimum atomic E-state index is -0.551. The molecule has 1 spiro atoms. The molecule has 2 fully saturated rings. The van der Waals surface area contributed by atoms with E-state index in [2.05, 4.69) is 14.7 Å². The van der Waals surface area contributed by atoms with Gasteiger partial charge in [-0.1, -0.05) is 16.8 Å². The van der Waals surface area contributed by atoms with E-state index in [9.17, 15) is 14.3 Å². The van der Waals surface area contributed by atoms with Gasteiger partial charge in [0.25, 0.3) is 12.5 Å². The minimum absolute atomic E-state index is 0.0289. The molecule has 8 heteroatoms. The molecule has 1 aromatic heterocycles. The van der Waals surface area contributed by atoms with Crippen molar-refractivity contribution >= 4 is 5.91 Å². The van der Waals surface area contributed by atoms with Crippen molar-refractivity contribution < 1.29 is 23.5 Å². The first-order valence-electron chi connectivity index (χ1n) is 9.29. The molecule has 0 saturated carbocycles. The number of amides is 1. The van der Waals surface area contributed by atoms with Crippen LogP contribution in [0, 0.1) is 11.2 Å². The molecule has 2 aliphatic heterocycles. The Bertz CT molecular complexity index is 810. The summed E-state index contributed by atoms with van der Waals surface area (Å²) in [5.74, 6) is -0.807. The second kappa shape index (κ2) is 7.26. The summed E-state index contributed by atoms with van der Waals surface area (Å²) in [5.41, 5.74) is 1.22. The molecule has 144 valence electrons. The Morgan fingerprint density at radius 3 is 2.81 bits per heavy atom. The van der Waals surface area contributed by atoms with Crippen LogP contribution in [0.1, 0.15) is 24.8 Å². The van der Waals surface area contributed by atoms with Gasteiger partial charge in [0.2, 0.25) is 6.20 Å². The standard InChI is InChI=1S/C19H23FN4O3/c20-16-4-2-15(3-5-16)10-22-8-1-6-19(13-22)7-9-23(14-19)17(25)11-24-12-18(26)27-21-24/h2-5,12H,1,6-11,13-14H2. The van der Waals surface area contributed by atoms with E-state index in [0.29, 0.717) is 0 Å². The molecule has 2 aromatic rings. The zero-order valence-corrected chi connectivity index (χ0v) is 15.1. The molecule has 2 saturated heterocycles. The Hall–Kier alpha value is -2.48. The lowest BCUT2D eigenvalue weighted by Crippen LogP contribution is -2.47. The van der Waals surface area contributed by atoms with E-state index in [1.165, 1.54) is 23.0 Å². The molecule has 4 rings (SSSR count). The summed E-state index contributed by atoms with van der Waals surface area (Å²) in [5, 5.41) is 14.6. The minimum Gasteiger partial charge on any atom is -0.539 e. The fourth-order valence-corrected chi connectivity index (χ4v) is 4.35. The van der Waals surface area contributed by atoms with Crippen molar-refractivity contribution in [3.63, 3.8) is 0 Å². The van der Waals surface area contributed by atoms with Crippen molar-refractivity contribution in [1.29, 1.82) is 0 Å². The van der Waals surface area contributed by atoms with E-state index in [4.69, 9.17) is 0 Å². The van der Waals surface area contributed by atoms with Gasteiger partial charge in [-0.15, -0.1) is 0 Å². The van der Waals surface area contributed by atoms with E-state index in [1.807, 2.05) is 17.0 Å². The number of piperidine rings is 1. The van der Waals surface area contributed by atoms with Crippen molar-refractivity contribution in [2.24, 2.45) is 5.41 Å². The van der Waals surface area contributed by atoms with Gasteiger partial charge in [-0.25, -0.2) is 4.39 Å². The molecule has 0 radical (unpaired) electrons. The maximum absolute atomic E-state index is 13.1. The second-order valence-corrected chi connectivity index (χ2v) is 7.72. The molecular formula is C19H23FN4O3. The average Bonchev–Trinajstić information content (AvgIpc) is 3.24. The van der Waals surface area contributed by atoms with Gasteiger partial charge in [0.05, 0.1) is 5.27 Å². The SMILES string of the molecule is O=C(C[n+]1cc([O-])on1)N1CCC2(CCCN(Cc3ccc(F)cc3)C2)C1. The summed E-state index contributed by atoms with van der Waals surface area (Å²) in [7, 11) is 0. The molecular weight excluding hydrogens is 351 g/mol. The van der Waals surface area contributed by atoms with Crippen LogP contribution in [0.15, 0.2) is 35.0 Å². The van der Waals surface area contributed by atoms with E-state index in [1.54, 1.807) is 0 Å². The lowest BCUT2D eigenvalue weighted by atomic mass is 9.79. The van der Waals surface area contributed by atoms with Gasteiger partial charge in [-0.05, 0) is 43.5 Å². The molecule has 1 atom stereocenters. The van der Waals surface area contributed by atoms with Gasteiger partial charge in [-0.3, -0.25) is 9.69 Å². The van der Waals surface area contributed by atoms with E-state index < -0.39 is 5.95 Å². The van der Waals surface area contributed by atoms with Crippen LogP contribution in [-0.4, -0.2) is 47.2 Å². The average molecular weight is 374 g/mol. The lowest BCUT2D eigenvalue weighted by Gasteiger charge is -2.40. The number of aromatic nitrogens is 2. The largest absolute Gasteiger partial charge is 0.539 e. The fraction of sp³-hybridized carbons (Fsp3) is 0.526. The highest BCUT2D eigenvalue weighted by atomic mass is 19.1. The molecule has 1 unspecified atom stereocenters. The van der Waals surface area contributed by atoms with E-state index in [-0.39, 0.29) is 23.7 Å². The van der Waals surface area contributed by atoms with Crippen molar-refractivity contribution in [1.82, 2.24) is 15.1 Å². The van der Waals surface area contributed by atoms with Crippen LogP contribution in [0.5, 0.6) is 5.95 Å². The third kappa shape index (κ3) is 4.10. The van der Waals surface area contributed by atoms with Gasteiger partial charge in [0.1, 0.15) is 11.8 Å². The molecule has 27 heavy (non-hydrogen) atoms. The highest BCUT2D eigenvalue weighted by Gasteiger charge is 2.43. The van der Waals surface area contributed by atoms with Gasteiger partial charge < -0.3 is 14.5 Å². The van der Waals surface area contributed by atoms with Gasteiger partial charge in [-0.2, -0.15) is 0 Å². The van der Waals surface area contributed by atoms with Crippen LogP contribution in [0.4, 0.5) is 4.39 Å². The molecule has 0 aliphatic carbocycles. The summed E-state index contributed by atoms with van der Waals surface area (Å²) in [4.78, 5) is 16.8. The first-order valence-corrected chi connectivity index (χ1v) is 9.29. The molecule has 1 aromatic carbocycles. The summed E-state index contributed by atoms with van der Waals surface area (Å²) in [6.45, 7) is 4.25. The van der Waals surface area contributed by atoms with E-state index in [0.717, 1.165) is 57.5 Å². The third-order valence-electron chi connectivity index (χ3n) is 5.64. The number of likely N-dealkylation sites (tertiary alicyclic amines) is 2. The maximum atomic E-state index is 13.1. The van der Waals surface area contributed by atoms with Gasteiger partial charge >= 0.3 is 0 Å². The van der Waals surface area contributed by atoms with Crippen molar-refractivity contribution in [2.75, 3.05) is 26.2 Å². The summed E-state index contributed by atoms with van der Waals surface area (Å²) in [6, 6.07) is 6.67. The van der Waals surface area contributed by atoms with Crippen molar-refractivity contribution in [2.45, 2.75) is 32.4 Å². The van der Waals surface area contributed by atoms with Crippen LogP contribution in [0.3, 0.4) is 0 Å². The first kappa shape index (κ1) is 17.9. The zero-order chi connectivity index (χ0) is 18.9. The molecule has 2 aliphatic rings. The Labute approximate surface area is 156 Å². The molecule has 7 nitrogen and oxygen atoms in total. The van der Waals surface area contributed by atoms with Crippen LogP contribution in [-0.2, 0) is 17.9 Å². The highest BCUT2D eigenvalue weighted by Crippen LogP contribution is 2.39. The Morgan fingerprint density at radius 2 is 2.07 bits per heavy atom. The number of hydrogen-bond donors (Lipinski definition) is 0. The number of nitrogens with zero attached hydrogens (tertiary/aromatic N) is 4. The normalized spacial score (nSPS) is 23.2. The van der Waals surface area contributed by atoms with Gasteiger partial charge in [0, 0.05) is 31.6 Å². The molecule has 0 bridgehead atoms. The monoisotopic (exact) mass is 374 g/mol. The maximum Gasteiger partial charge on any atom is 0.291 e. The predicted octanol–water partition coefficient (Wildman–Crippen LogP) is 0.689. The number of benzene rings is 1.